The highest BCUT2D eigenvalue weighted by atomic mass is 31.2. The first-order valence-corrected chi connectivity index (χ1v) is 13.2. The molecule has 0 aliphatic heterocycles. The molecule has 2 aromatic rings. The van der Waals surface area contributed by atoms with Crippen molar-refractivity contribution >= 4 is 8.60 Å². The predicted octanol–water partition coefficient (Wildman–Crippen LogP) is 9.34. The Morgan fingerprint density at radius 2 is 1.00 bits per heavy atom. The first-order valence-electron chi connectivity index (χ1n) is 12.1. The maximum absolute atomic E-state index is 6.15. The molecule has 0 amide bonds. The molecule has 0 aliphatic rings. The molecule has 0 heterocycles. The van der Waals surface area contributed by atoms with Gasteiger partial charge in [0.05, 0.1) is 6.61 Å². The molecule has 32 heavy (non-hydrogen) atoms. The van der Waals surface area contributed by atoms with Gasteiger partial charge in [-0.3, -0.25) is 4.52 Å². The molecule has 0 saturated carbocycles. The van der Waals surface area contributed by atoms with Gasteiger partial charge in [-0.05, 0) is 52.6 Å². The first-order chi connectivity index (χ1) is 15.1. The van der Waals surface area contributed by atoms with Crippen LogP contribution in [0.5, 0.6) is 11.5 Å². The van der Waals surface area contributed by atoms with Crippen LogP contribution in [0.3, 0.4) is 0 Å². The van der Waals surface area contributed by atoms with E-state index in [1.807, 2.05) is 24.3 Å². The highest BCUT2D eigenvalue weighted by molar-refractivity contribution is 7.42. The van der Waals surface area contributed by atoms with Crippen LogP contribution >= 0.6 is 8.60 Å². The van der Waals surface area contributed by atoms with Crippen molar-refractivity contribution in [2.75, 3.05) is 6.61 Å². The number of benzene rings is 2. The van der Waals surface area contributed by atoms with Gasteiger partial charge in [-0.1, -0.05) is 105 Å². The van der Waals surface area contributed by atoms with Crippen molar-refractivity contribution in [3.05, 3.63) is 59.7 Å². The van der Waals surface area contributed by atoms with E-state index in [0.717, 1.165) is 17.9 Å². The Morgan fingerprint density at radius 3 is 1.41 bits per heavy atom. The van der Waals surface area contributed by atoms with Gasteiger partial charge < -0.3 is 9.05 Å². The fourth-order valence-electron chi connectivity index (χ4n) is 3.30. The number of unbranched alkanes of at least 4 members (excludes halogenated alkanes) is 5. The van der Waals surface area contributed by atoms with Gasteiger partial charge in [-0.15, -0.1) is 0 Å². The predicted molar refractivity (Wildman–Crippen MR) is 138 cm³/mol. The molecule has 2 rings (SSSR count). The molecule has 178 valence electrons. The van der Waals surface area contributed by atoms with Gasteiger partial charge >= 0.3 is 8.60 Å². The fraction of sp³-hybridized carbons (Fsp3) is 0.571. The lowest BCUT2D eigenvalue weighted by molar-refractivity contribution is 0.258. The molecular weight excluding hydrogens is 415 g/mol. The molecule has 0 atom stereocenters. The van der Waals surface area contributed by atoms with E-state index in [2.05, 4.69) is 72.7 Å². The third-order valence-electron chi connectivity index (χ3n) is 5.50. The standard InChI is InChI=1S/C28H43O3P/c1-8-9-10-11-12-13-22-29-32(30-25-18-14-23(15-19-25)27(2,3)4)31-26-20-16-24(17-21-26)28(5,6)7/h14-21H,8-13,22H2,1-7H3. The molecule has 0 radical (unpaired) electrons. The molecule has 0 unspecified atom stereocenters. The maximum atomic E-state index is 6.15. The van der Waals surface area contributed by atoms with Crippen LogP contribution in [0.2, 0.25) is 0 Å². The molecule has 4 heteroatoms. The Balaban J connectivity index is 2.00. The van der Waals surface area contributed by atoms with Crippen LogP contribution in [0.25, 0.3) is 0 Å². The zero-order valence-corrected chi connectivity index (χ0v) is 22.1. The average molecular weight is 459 g/mol. The number of hydrogen-bond acceptors (Lipinski definition) is 3. The Bertz CT molecular complexity index is 711. The van der Waals surface area contributed by atoms with E-state index in [0.29, 0.717) is 6.61 Å². The second-order valence-electron chi connectivity index (χ2n) is 10.6. The average Bonchev–Trinajstić information content (AvgIpc) is 2.72. The van der Waals surface area contributed by atoms with Crippen LogP contribution in [0.1, 0.15) is 98.1 Å². The minimum atomic E-state index is -1.52. The van der Waals surface area contributed by atoms with Crippen molar-refractivity contribution in [2.45, 2.75) is 97.8 Å². The van der Waals surface area contributed by atoms with E-state index in [1.54, 1.807) is 0 Å². The smallest absolute Gasteiger partial charge is 0.418 e. The summed E-state index contributed by atoms with van der Waals surface area (Å²) in [6.07, 6.45) is 7.36. The van der Waals surface area contributed by atoms with Gasteiger partial charge in [-0.25, -0.2) is 0 Å². The second kappa shape index (κ2) is 12.6. The fourth-order valence-corrected chi connectivity index (χ4v) is 4.31. The summed E-state index contributed by atoms with van der Waals surface area (Å²) in [7, 11) is -1.52. The molecule has 0 saturated heterocycles. The Morgan fingerprint density at radius 1 is 0.594 bits per heavy atom. The molecule has 0 fully saturated rings. The molecular formula is C28H43O3P. The summed E-state index contributed by atoms with van der Waals surface area (Å²) in [5.41, 5.74) is 2.79. The van der Waals surface area contributed by atoms with Crippen molar-refractivity contribution in [3.8, 4) is 11.5 Å². The molecule has 2 aromatic carbocycles. The van der Waals surface area contributed by atoms with Gasteiger partial charge in [0.15, 0.2) is 0 Å². The van der Waals surface area contributed by atoms with Crippen LogP contribution in [-0.4, -0.2) is 6.61 Å². The van der Waals surface area contributed by atoms with Gasteiger partial charge in [0.2, 0.25) is 0 Å². The number of hydrogen-bond donors (Lipinski definition) is 0. The van der Waals surface area contributed by atoms with E-state index in [1.165, 1.54) is 43.2 Å². The summed E-state index contributed by atoms with van der Waals surface area (Å²) >= 11 is 0. The van der Waals surface area contributed by atoms with Crippen LogP contribution < -0.4 is 9.05 Å². The minimum Gasteiger partial charge on any atom is -0.418 e. The van der Waals surface area contributed by atoms with E-state index < -0.39 is 8.60 Å². The van der Waals surface area contributed by atoms with Crippen LogP contribution in [0, 0.1) is 0 Å². The normalized spacial score (nSPS) is 12.2. The minimum absolute atomic E-state index is 0.114. The van der Waals surface area contributed by atoms with Crippen molar-refractivity contribution in [3.63, 3.8) is 0 Å². The molecule has 0 spiro atoms. The van der Waals surface area contributed by atoms with Crippen LogP contribution in [-0.2, 0) is 15.4 Å². The second-order valence-corrected chi connectivity index (χ2v) is 11.6. The van der Waals surface area contributed by atoms with Gasteiger partial charge in [0.1, 0.15) is 11.5 Å². The third-order valence-corrected chi connectivity index (χ3v) is 6.61. The van der Waals surface area contributed by atoms with Crippen molar-refractivity contribution in [1.82, 2.24) is 0 Å². The number of rotatable bonds is 12. The zero-order valence-electron chi connectivity index (χ0n) is 21.2. The largest absolute Gasteiger partial charge is 0.463 e. The molecule has 0 bridgehead atoms. The summed E-state index contributed by atoms with van der Waals surface area (Å²) in [6, 6.07) is 16.5. The summed E-state index contributed by atoms with van der Waals surface area (Å²) in [4.78, 5) is 0. The van der Waals surface area contributed by atoms with E-state index in [4.69, 9.17) is 13.6 Å². The molecule has 0 N–H and O–H groups in total. The Labute approximate surface area is 197 Å². The quantitative estimate of drug-likeness (QED) is 0.234. The lowest BCUT2D eigenvalue weighted by Crippen LogP contribution is -2.10. The van der Waals surface area contributed by atoms with Crippen molar-refractivity contribution in [2.24, 2.45) is 0 Å². The van der Waals surface area contributed by atoms with E-state index in [9.17, 15) is 0 Å². The highest BCUT2D eigenvalue weighted by Gasteiger charge is 2.20. The SMILES string of the molecule is CCCCCCCCOP(Oc1ccc(C(C)(C)C)cc1)Oc1ccc(C(C)(C)C)cc1. The monoisotopic (exact) mass is 458 g/mol. The summed E-state index contributed by atoms with van der Waals surface area (Å²) in [5, 5.41) is 0. The van der Waals surface area contributed by atoms with E-state index in [-0.39, 0.29) is 10.8 Å². The van der Waals surface area contributed by atoms with Gasteiger partial charge in [0.25, 0.3) is 0 Å². The molecule has 0 aromatic heterocycles. The van der Waals surface area contributed by atoms with Gasteiger partial charge in [-0.2, -0.15) is 0 Å². The molecule has 0 aliphatic carbocycles. The Hall–Kier alpha value is -1.57. The Kier molecular flexibility index (Phi) is 10.5. The topological polar surface area (TPSA) is 27.7 Å². The lowest BCUT2D eigenvalue weighted by atomic mass is 9.87. The zero-order chi connectivity index (χ0) is 23.6. The van der Waals surface area contributed by atoms with Crippen LogP contribution in [0.4, 0.5) is 0 Å². The maximum Gasteiger partial charge on any atom is 0.463 e. The third kappa shape index (κ3) is 9.51. The molecule has 3 nitrogen and oxygen atoms in total. The summed E-state index contributed by atoms with van der Waals surface area (Å²) in [6.45, 7) is 16.2. The summed E-state index contributed by atoms with van der Waals surface area (Å²) < 4.78 is 18.4. The lowest BCUT2D eigenvalue weighted by Gasteiger charge is -2.21. The van der Waals surface area contributed by atoms with Crippen LogP contribution in [0.15, 0.2) is 48.5 Å². The highest BCUT2D eigenvalue weighted by Crippen LogP contribution is 2.42. The van der Waals surface area contributed by atoms with E-state index >= 15 is 0 Å². The van der Waals surface area contributed by atoms with Crippen molar-refractivity contribution < 1.29 is 13.6 Å². The first kappa shape index (κ1) is 26.7. The van der Waals surface area contributed by atoms with Crippen molar-refractivity contribution in [1.29, 1.82) is 0 Å². The van der Waals surface area contributed by atoms with Gasteiger partial charge in [0, 0.05) is 0 Å². The summed E-state index contributed by atoms with van der Waals surface area (Å²) in [5.74, 6) is 1.55.